The van der Waals surface area contributed by atoms with Crippen LogP contribution >= 0.6 is 0 Å². The van der Waals surface area contributed by atoms with Crippen molar-refractivity contribution in [1.82, 2.24) is 0 Å². The van der Waals surface area contributed by atoms with Gasteiger partial charge in [0.25, 0.3) is 11.4 Å². The Morgan fingerprint density at radius 3 is 2.00 bits per heavy atom. The van der Waals surface area contributed by atoms with E-state index in [0.29, 0.717) is 5.56 Å². The molecule has 0 bridgehead atoms. The summed E-state index contributed by atoms with van der Waals surface area (Å²) in [6.45, 7) is 0. The van der Waals surface area contributed by atoms with Crippen LogP contribution in [-0.4, -0.2) is 37.1 Å². The lowest BCUT2D eigenvalue weighted by Crippen LogP contribution is -2.12. The number of nitro benzene ring substituents is 2. The van der Waals surface area contributed by atoms with Crippen LogP contribution in [0.25, 0.3) is 12.2 Å². The number of non-ortho nitro benzene ring substituents is 1. The van der Waals surface area contributed by atoms with E-state index in [1.165, 1.54) is 45.6 Å². The quantitative estimate of drug-likeness (QED) is 0.137. The lowest BCUT2D eigenvalue weighted by atomic mass is 10.1. The number of esters is 1. The first-order valence-corrected chi connectivity index (χ1v) is 10.0. The Hall–Kier alpha value is -4.93. The molecule has 180 valence electrons. The molecular formula is C24H20N2O9. The molecule has 3 aromatic rings. The zero-order valence-corrected chi connectivity index (χ0v) is 18.9. The summed E-state index contributed by atoms with van der Waals surface area (Å²) in [5, 5.41) is 22.2. The van der Waals surface area contributed by atoms with Crippen LogP contribution in [0.5, 0.6) is 23.0 Å². The number of ether oxygens (including phenoxy) is 4. The molecule has 0 atom stereocenters. The topological polar surface area (TPSA) is 140 Å². The molecular weight excluding hydrogens is 460 g/mol. The van der Waals surface area contributed by atoms with Crippen LogP contribution in [0.3, 0.4) is 0 Å². The van der Waals surface area contributed by atoms with Crippen LogP contribution < -0.4 is 18.9 Å². The first-order chi connectivity index (χ1) is 16.8. The second kappa shape index (κ2) is 10.8. The molecule has 11 heteroatoms. The van der Waals surface area contributed by atoms with E-state index < -0.39 is 21.5 Å². The van der Waals surface area contributed by atoms with Crippen molar-refractivity contribution in [3.63, 3.8) is 0 Å². The van der Waals surface area contributed by atoms with E-state index in [1.807, 2.05) is 0 Å². The van der Waals surface area contributed by atoms with Crippen LogP contribution in [0.1, 0.15) is 21.5 Å². The normalized spacial score (nSPS) is 10.6. The Kier molecular flexibility index (Phi) is 7.62. The lowest BCUT2D eigenvalue weighted by Gasteiger charge is -2.14. The maximum atomic E-state index is 12.9. The van der Waals surface area contributed by atoms with Crippen LogP contribution in [0.2, 0.25) is 0 Å². The van der Waals surface area contributed by atoms with Crippen molar-refractivity contribution in [2.75, 3.05) is 21.3 Å². The molecule has 11 nitrogen and oxygen atoms in total. The number of nitro groups is 2. The van der Waals surface area contributed by atoms with Crippen LogP contribution in [0, 0.1) is 20.2 Å². The van der Waals surface area contributed by atoms with Gasteiger partial charge in [-0.1, -0.05) is 18.2 Å². The highest BCUT2D eigenvalue weighted by molar-refractivity contribution is 5.97. The van der Waals surface area contributed by atoms with Gasteiger partial charge in [-0.25, -0.2) is 4.79 Å². The lowest BCUT2D eigenvalue weighted by molar-refractivity contribution is -0.394. The van der Waals surface area contributed by atoms with Crippen molar-refractivity contribution >= 4 is 29.5 Å². The fourth-order valence-corrected chi connectivity index (χ4v) is 3.21. The van der Waals surface area contributed by atoms with E-state index in [4.69, 9.17) is 18.9 Å². The minimum atomic E-state index is -0.720. The molecule has 0 heterocycles. The third-order valence-corrected chi connectivity index (χ3v) is 4.90. The molecule has 0 aliphatic carbocycles. The van der Waals surface area contributed by atoms with Gasteiger partial charge in [-0.15, -0.1) is 0 Å². The monoisotopic (exact) mass is 480 g/mol. The first kappa shape index (κ1) is 24.7. The van der Waals surface area contributed by atoms with Gasteiger partial charge in [0.15, 0.2) is 11.5 Å². The summed E-state index contributed by atoms with van der Waals surface area (Å²) >= 11 is 0. The van der Waals surface area contributed by atoms with E-state index in [0.717, 1.165) is 6.07 Å². The Bertz CT molecular complexity index is 1300. The zero-order chi connectivity index (χ0) is 25.5. The van der Waals surface area contributed by atoms with Crippen molar-refractivity contribution in [2.24, 2.45) is 0 Å². The largest absolute Gasteiger partial charge is 0.496 e. The van der Waals surface area contributed by atoms with Crippen molar-refractivity contribution in [3.8, 4) is 23.0 Å². The van der Waals surface area contributed by atoms with Gasteiger partial charge in [0, 0.05) is 6.07 Å². The second-order valence-corrected chi connectivity index (χ2v) is 6.93. The second-order valence-electron chi connectivity index (χ2n) is 6.93. The van der Waals surface area contributed by atoms with Crippen molar-refractivity contribution in [3.05, 3.63) is 91.5 Å². The minimum absolute atomic E-state index is 0.106. The van der Waals surface area contributed by atoms with Gasteiger partial charge in [0.2, 0.25) is 0 Å². The van der Waals surface area contributed by atoms with Crippen molar-refractivity contribution in [2.45, 2.75) is 0 Å². The fraction of sp³-hybridized carbons (Fsp3) is 0.125. The summed E-state index contributed by atoms with van der Waals surface area (Å²) in [5.74, 6) is 0.189. The number of methoxy groups -OCH3 is 3. The van der Waals surface area contributed by atoms with Gasteiger partial charge in [0.1, 0.15) is 17.1 Å². The van der Waals surface area contributed by atoms with Crippen LogP contribution in [0.15, 0.2) is 54.6 Å². The maximum Gasteiger partial charge on any atom is 0.351 e. The van der Waals surface area contributed by atoms with Crippen molar-refractivity contribution in [1.29, 1.82) is 0 Å². The van der Waals surface area contributed by atoms with E-state index in [-0.39, 0.29) is 39.8 Å². The average molecular weight is 480 g/mol. The van der Waals surface area contributed by atoms with Gasteiger partial charge in [0.05, 0.1) is 42.8 Å². The molecule has 3 rings (SSSR count). The fourth-order valence-electron chi connectivity index (χ4n) is 3.21. The number of rotatable bonds is 9. The summed E-state index contributed by atoms with van der Waals surface area (Å²) in [7, 11) is 4.23. The third kappa shape index (κ3) is 5.53. The average Bonchev–Trinajstić information content (AvgIpc) is 2.86. The highest BCUT2D eigenvalue weighted by Crippen LogP contribution is 2.34. The highest BCUT2D eigenvalue weighted by atomic mass is 16.6. The molecule has 0 N–H and O–H groups in total. The molecule has 3 aromatic carbocycles. The maximum absolute atomic E-state index is 12.9. The van der Waals surface area contributed by atoms with E-state index in [2.05, 4.69) is 0 Å². The Labute approximate surface area is 199 Å². The van der Waals surface area contributed by atoms with Crippen molar-refractivity contribution < 1.29 is 33.6 Å². The summed E-state index contributed by atoms with van der Waals surface area (Å²) in [6, 6.07) is 12.9. The molecule has 0 radical (unpaired) electrons. The molecule has 0 aliphatic rings. The number of hydrogen-bond donors (Lipinski definition) is 0. The number of carbonyl (C=O) groups excluding carboxylic acids is 1. The molecule has 0 aromatic heterocycles. The molecule has 0 fully saturated rings. The van der Waals surface area contributed by atoms with E-state index >= 15 is 0 Å². The number of carbonyl (C=O) groups is 1. The van der Waals surface area contributed by atoms with Gasteiger partial charge < -0.3 is 18.9 Å². The number of nitrogens with zero attached hydrogens (tertiary/aromatic N) is 2. The summed E-state index contributed by atoms with van der Waals surface area (Å²) in [4.78, 5) is 33.7. The Morgan fingerprint density at radius 2 is 1.43 bits per heavy atom. The smallest absolute Gasteiger partial charge is 0.351 e. The first-order valence-electron chi connectivity index (χ1n) is 10.0. The summed E-state index contributed by atoms with van der Waals surface area (Å²) < 4.78 is 21.3. The Balaban J connectivity index is 1.89. The minimum Gasteiger partial charge on any atom is -0.496 e. The van der Waals surface area contributed by atoms with E-state index in [9.17, 15) is 25.0 Å². The van der Waals surface area contributed by atoms with Gasteiger partial charge in [-0.3, -0.25) is 20.2 Å². The third-order valence-electron chi connectivity index (χ3n) is 4.90. The molecule has 0 aliphatic heterocycles. The highest BCUT2D eigenvalue weighted by Gasteiger charge is 2.22. The van der Waals surface area contributed by atoms with Gasteiger partial charge in [-0.2, -0.15) is 0 Å². The van der Waals surface area contributed by atoms with Gasteiger partial charge >= 0.3 is 5.97 Å². The molecule has 35 heavy (non-hydrogen) atoms. The number of hydrogen-bond acceptors (Lipinski definition) is 9. The zero-order valence-electron chi connectivity index (χ0n) is 18.9. The molecule has 0 unspecified atom stereocenters. The SMILES string of the molecule is COc1cc(C=Cc2ccc([N+](=O)[O-])cc2[N+](=O)[O-])ccc1OC(=O)c1c(OC)cccc1OC. The Morgan fingerprint density at radius 1 is 0.771 bits per heavy atom. The number of benzene rings is 3. The molecule has 0 amide bonds. The van der Waals surface area contributed by atoms with Gasteiger partial charge in [-0.05, 0) is 42.0 Å². The summed E-state index contributed by atoms with van der Waals surface area (Å²) in [6.07, 6.45) is 3.01. The summed E-state index contributed by atoms with van der Waals surface area (Å²) in [5.41, 5.74) is 0.0728. The predicted octanol–water partition coefficient (Wildman–Crippen LogP) is 4.92. The van der Waals surface area contributed by atoms with Crippen LogP contribution in [-0.2, 0) is 0 Å². The van der Waals surface area contributed by atoms with E-state index in [1.54, 1.807) is 36.4 Å². The standard InChI is InChI=1S/C24H20N2O9/c1-32-20-5-4-6-21(33-2)23(20)24(27)35-19-12-8-15(13-22(19)34-3)7-9-16-10-11-17(25(28)29)14-18(16)26(30)31/h4-14H,1-3H3. The predicted molar refractivity (Wildman–Crippen MR) is 126 cm³/mol. The molecule has 0 saturated carbocycles. The molecule has 0 spiro atoms. The van der Waals surface area contributed by atoms with Crippen LogP contribution in [0.4, 0.5) is 11.4 Å². The molecule has 0 saturated heterocycles.